The molecule has 0 bridgehead atoms. The van der Waals surface area contributed by atoms with Crippen LogP contribution in [0.2, 0.25) is 0 Å². The molecule has 1 amide bonds. The summed E-state index contributed by atoms with van der Waals surface area (Å²) in [5, 5.41) is 11.3. The largest absolute Gasteiger partial charge is 0.468 e. The average molecular weight is 370 g/mol. The van der Waals surface area contributed by atoms with E-state index in [0.717, 1.165) is 22.3 Å². The molecule has 1 atom stereocenters. The van der Waals surface area contributed by atoms with Crippen molar-refractivity contribution in [1.82, 2.24) is 19.7 Å². The Balaban J connectivity index is 2.13. The van der Waals surface area contributed by atoms with Gasteiger partial charge in [-0.1, -0.05) is 11.8 Å². The van der Waals surface area contributed by atoms with E-state index in [9.17, 15) is 9.59 Å². The lowest BCUT2D eigenvalue weighted by Gasteiger charge is -2.15. The molecule has 2 aromatic rings. The van der Waals surface area contributed by atoms with Crippen LogP contribution in [-0.2, 0) is 14.3 Å². The highest BCUT2D eigenvalue weighted by atomic mass is 32.2. The fourth-order valence-electron chi connectivity index (χ4n) is 1.79. The van der Waals surface area contributed by atoms with Crippen LogP contribution >= 0.6 is 23.1 Å². The van der Waals surface area contributed by atoms with E-state index in [0.29, 0.717) is 10.3 Å². The number of nitrogens with one attached hydrogen (secondary N) is 1. The zero-order chi connectivity index (χ0) is 17.9. The molecule has 11 heteroatoms. The van der Waals surface area contributed by atoms with Gasteiger partial charge in [0.1, 0.15) is 6.04 Å². The van der Waals surface area contributed by atoms with E-state index >= 15 is 0 Å². The monoisotopic (exact) mass is 370 g/mol. The highest BCUT2D eigenvalue weighted by Gasteiger charge is 2.23. The molecule has 0 aliphatic rings. The van der Waals surface area contributed by atoms with Crippen LogP contribution in [0.5, 0.6) is 0 Å². The minimum Gasteiger partial charge on any atom is -0.468 e. The zero-order valence-electron chi connectivity index (χ0n) is 13.7. The predicted molar refractivity (Wildman–Crippen MR) is 92.1 cm³/mol. The molecule has 130 valence electrons. The lowest BCUT2D eigenvalue weighted by atomic mass is 10.3. The summed E-state index contributed by atoms with van der Waals surface area (Å²) < 4.78 is 6.05. The second-order valence-corrected chi connectivity index (χ2v) is 7.05. The van der Waals surface area contributed by atoms with E-state index in [1.807, 2.05) is 13.8 Å². The Morgan fingerprint density at radius 3 is 2.71 bits per heavy atom. The van der Waals surface area contributed by atoms with Gasteiger partial charge in [-0.25, -0.2) is 4.98 Å². The van der Waals surface area contributed by atoms with Crippen LogP contribution in [0.1, 0.15) is 23.5 Å². The molecule has 2 rings (SSSR count). The number of nitrogen functional groups attached to an aromatic ring is 1. The number of nitrogens with zero attached hydrogens (tertiary/aromatic N) is 4. The third-order valence-electron chi connectivity index (χ3n) is 3.26. The quantitative estimate of drug-likeness (QED) is 0.577. The van der Waals surface area contributed by atoms with Gasteiger partial charge in [0, 0.05) is 4.88 Å². The molecule has 24 heavy (non-hydrogen) atoms. The van der Waals surface area contributed by atoms with Crippen molar-refractivity contribution in [3.05, 3.63) is 10.6 Å². The van der Waals surface area contributed by atoms with Gasteiger partial charge in [-0.2, -0.15) is 0 Å². The summed E-state index contributed by atoms with van der Waals surface area (Å²) in [6.07, 6.45) is 0. The molecule has 0 fully saturated rings. The third kappa shape index (κ3) is 4.03. The summed E-state index contributed by atoms with van der Waals surface area (Å²) in [6, 6.07) is -0.662. The van der Waals surface area contributed by atoms with Gasteiger partial charge in [-0.05, 0) is 20.8 Å². The highest BCUT2D eigenvalue weighted by Crippen LogP contribution is 2.26. The number of aryl methyl sites for hydroxylation is 2. The molecule has 9 nitrogen and oxygen atoms in total. The first-order valence-corrected chi connectivity index (χ1v) is 8.78. The number of methoxy groups -OCH3 is 1. The summed E-state index contributed by atoms with van der Waals surface area (Å²) in [4.78, 5) is 29.0. The number of carbonyl (C=O) groups excluding carboxylic acids is 2. The number of hydrogen-bond acceptors (Lipinski definition) is 9. The molecule has 0 spiro atoms. The van der Waals surface area contributed by atoms with Crippen LogP contribution in [0.3, 0.4) is 0 Å². The molecule has 3 N–H and O–H groups in total. The Bertz CT molecular complexity index is 737. The standard InChI is InChI=1S/C13H18N6O3S2/c1-6-8(3)24-12(15-6)16-10(21)7(2)19-11(14)17-18-13(19)23-5-9(20)22-4/h7H,5H2,1-4H3,(H2,14,17)(H,15,16,21). The van der Waals surface area contributed by atoms with Gasteiger partial charge in [-0.3, -0.25) is 14.2 Å². The van der Waals surface area contributed by atoms with Gasteiger partial charge in [0.25, 0.3) is 0 Å². The van der Waals surface area contributed by atoms with Crippen LogP contribution in [-0.4, -0.2) is 44.5 Å². The van der Waals surface area contributed by atoms with Crippen LogP contribution < -0.4 is 11.1 Å². The first-order valence-electron chi connectivity index (χ1n) is 6.98. The molecule has 0 aliphatic heterocycles. The predicted octanol–water partition coefficient (Wildman–Crippen LogP) is 1.40. The van der Waals surface area contributed by atoms with Crippen molar-refractivity contribution < 1.29 is 14.3 Å². The molecule has 0 saturated heterocycles. The lowest BCUT2D eigenvalue weighted by Crippen LogP contribution is -2.25. The molecule has 0 radical (unpaired) electrons. The number of aromatic nitrogens is 4. The van der Waals surface area contributed by atoms with Gasteiger partial charge >= 0.3 is 5.97 Å². The summed E-state index contributed by atoms with van der Waals surface area (Å²) >= 11 is 2.50. The van der Waals surface area contributed by atoms with Crippen molar-refractivity contribution in [1.29, 1.82) is 0 Å². The number of hydrogen-bond donors (Lipinski definition) is 2. The number of amides is 1. The summed E-state index contributed by atoms with van der Waals surface area (Å²) in [7, 11) is 1.30. The molecule has 1 unspecified atom stereocenters. The number of thioether (sulfide) groups is 1. The zero-order valence-corrected chi connectivity index (χ0v) is 15.3. The van der Waals surface area contributed by atoms with Crippen molar-refractivity contribution in [2.45, 2.75) is 32.0 Å². The SMILES string of the molecule is COC(=O)CSc1nnc(N)n1C(C)C(=O)Nc1nc(C)c(C)s1. The van der Waals surface area contributed by atoms with Crippen LogP contribution in [0.4, 0.5) is 11.1 Å². The first-order chi connectivity index (χ1) is 11.3. The summed E-state index contributed by atoms with van der Waals surface area (Å²) in [6.45, 7) is 5.49. The van der Waals surface area contributed by atoms with E-state index in [1.165, 1.54) is 23.0 Å². The number of anilines is 2. The van der Waals surface area contributed by atoms with E-state index in [2.05, 4.69) is 25.2 Å². The van der Waals surface area contributed by atoms with Crippen LogP contribution in [0, 0.1) is 13.8 Å². The van der Waals surface area contributed by atoms with E-state index in [4.69, 9.17) is 5.73 Å². The molecular weight excluding hydrogens is 352 g/mol. The van der Waals surface area contributed by atoms with E-state index in [-0.39, 0.29) is 17.6 Å². The summed E-state index contributed by atoms with van der Waals surface area (Å²) in [5.41, 5.74) is 6.68. The number of rotatable bonds is 6. The summed E-state index contributed by atoms with van der Waals surface area (Å²) in [5.74, 6) is -0.556. The second kappa shape index (κ2) is 7.62. The van der Waals surface area contributed by atoms with E-state index < -0.39 is 12.0 Å². The smallest absolute Gasteiger partial charge is 0.316 e. The van der Waals surface area contributed by atoms with E-state index in [1.54, 1.807) is 6.92 Å². The van der Waals surface area contributed by atoms with Crippen molar-refractivity contribution in [3.63, 3.8) is 0 Å². The number of nitrogens with two attached hydrogens (primary N) is 1. The fourth-order valence-corrected chi connectivity index (χ4v) is 3.46. The van der Waals surface area contributed by atoms with Gasteiger partial charge in [0.2, 0.25) is 11.9 Å². The number of carbonyl (C=O) groups is 2. The molecule has 2 heterocycles. The Labute approximate surface area is 147 Å². The van der Waals surface area contributed by atoms with Crippen molar-refractivity contribution in [3.8, 4) is 0 Å². The van der Waals surface area contributed by atoms with Gasteiger partial charge < -0.3 is 15.8 Å². The lowest BCUT2D eigenvalue weighted by molar-refractivity contribution is -0.137. The Hall–Kier alpha value is -2.14. The Kier molecular flexibility index (Phi) is 5.78. The Morgan fingerprint density at radius 2 is 2.12 bits per heavy atom. The minimum atomic E-state index is -0.662. The second-order valence-electron chi connectivity index (χ2n) is 4.90. The molecule has 0 aliphatic carbocycles. The number of ether oxygens (including phenoxy) is 1. The maximum absolute atomic E-state index is 12.5. The highest BCUT2D eigenvalue weighted by molar-refractivity contribution is 7.99. The molecule has 0 aromatic carbocycles. The fraction of sp³-hybridized carbons (Fsp3) is 0.462. The maximum Gasteiger partial charge on any atom is 0.316 e. The minimum absolute atomic E-state index is 0.0494. The van der Waals surface area contributed by atoms with Crippen molar-refractivity contribution >= 4 is 46.1 Å². The maximum atomic E-state index is 12.5. The Morgan fingerprint density at radius 1 is 1.42 bits per heavy atom. The first kappa shape index (κ1) is 18.2. The number of esters is 1. The molecule has 2 aromatic heterocycles. The van der Waals surface area contributed by atoms with Gasteiger partial charge in [-0.15, -0.1) is 21.5 Å². The van der Waals surface area contributed by atoms with Crippen molar-refractivity contribution in [2.75, 3.05) is 23.9 Å². The van der Waals surface area contributed by atoms with Gasteiger partial charge in [0.05, 0.1) is 18.6 Å². The normalized spacial score (nSPS) is 12.0. The van der Waals surface area contributed by atoms with Crippen LogP contribution in [0.15, 0.2) is 5.16 Å². The molecular formula is C13H18N6O3S2. The number of thiazole rings is 1. The van der Waals surface area contributed by atoms with Crippen molar-refractivity contribution in [2.24, 2.45) is 0 Å². The van der Waals surface area contributed by atoms with Gasteiger partial charge in [0.15, 0.2) is 10.3 Å². The molecule has 0 saturated carbocycles. The third-order valence-corrected chi connectivity index (χ3v) is 5.17. The average Bonchev–Trinajstić information content (AvgIpc) is 3.06. The van der Waals surface area contributed by atoms with Crippen LogP contribution in [0.25, 0.3) is 0 Å². The topological polar surface area (TPSA) is 125 Å².